The number of aliphatic hydroxyl groups excluding tert-OH is 1. The molecule has 0 bridgehead atoms. The van der Waals surface area contributed by atoms with Gasteiger partial charge in [-0.15, -0.1) is 0 Å². The second kappa shape index (κ2) is 5.92. The minimum absolute atomic E-state index is 0.215. The number of nitrogens with one attached hydrogen (secondary N) is 1. The summed E-state index contributed by atoms with van der Waals surface area (Å²) in [5, 5.41) is 16.3. The van der Waals surface area contributed by atoms with Crippen molar-refractivity contribution in [2.45, 2.75) is 31.5 Å². The maximum absolute atomic E-state index is 10.6. The predicted octanol–water partition coefficient (Wildman–Crippen LogP) is 2.64. The molecule has 1 saturated heterocycles. The highest BCUT2D eigenvalue weighted by atomic mass is 16.5. The zero-order chi connectivity index (χ0) is 13.9. The van der Waals surface area contributed by atoms with Gasteiger partial charge in [0.15, 0.2) is 0 Å². The van der Waals surface area contributed by atoms with Crippen LogP contribution in [0.4, 0.5) is 0 Å². The van der Waals surface area contributed by atoms with Gasteiger partial charge in [0.25, 0.3) is 0 Å². The summed E-state index contributed by atoms with van der Waals surface area (Å²) < 4.78 is 5.54. The Morgan fingerprint density at radius 3 is 2.85 bits per heavy atom. The Hall–Kier alpha value is -1.42. The van der Waals surface area contributed by atoms with Crippen molar-refractivity contribution in [3.63, 3.8) is 0 Å². The Kier molecular flexibility index (Phi) is 4.01. The van der Waals surface area contributed by atoms with Crippen LogP contribution in [0.1, 0.15) is 25.0 Å². The lowest BCUT2D eigenvalue weighted by molar-refractivity contribution is 0.0306. The van der Waals surface area contributed by atoms with Crippen LogP contribution in [0.3, 0.4) is 0 Å². The van der Waals surface area contributed by atoms with Crippen molar-refractivity contribution >= 4 is 10.8 Å². The lowest BCUT2D eigenvalue weighted by Crippen LogP contribution is -2.47. The van der Waals surface area contributed by atoms with E-state index in [4.69, 9.17) is 4.74 Å². The molecule has 3 nitrogen and oxygen atoms in total. The fourth-order valence-electron chi connectivity index (χ4n) is 2.96. The van der Waals surface area contributed by atoms with Crippen LogP contribution in [0.2, 0.25) is 0 Å². The summed E-state index contributed by atoms with van der Waals surface area (Å²) in [6.07, 6.45) is 0.214. The van der Waals surface area contributed by atoms with Gasteiger partial charge in [-0.3, -0.25) is 0 Å². The van der Waals surface area contributed by atoms with Crippen LogP contribution < -0.4 is 5.32 Å². The van der Waals surface area contributed by atoms with Gasteiger partial charge in [0, 0.05) is 12.1 Å². The van der Waals surface area contributed by atoms with Crippen molar-refractivity contribution in [3.05, 3.63) is 48.0 Å². The third-order valence-corrected chi connectivity index (χ3v) is 3.90. The van der Waals surface area contributed by atoms with Crippen molar-refractivity contribution in [1.29, 1.82) is 0 Å². The first-order chi connectivity index (χ1) is 9.74. The topological polar surface area (TPSA) is 41.5 Å². The summed E-state index contributed by atoms with van der Waals surface area (Å²) in [6.45, 7) is 3.53. The molecule has 106 valence electrons. The molecule has 0 aliphatic carbocycles. The summed E-state index contributed by atoms with van der Waals surface area (Å²) in [5.41, 5.74) is 1.00. The second-order valence-corrected chi connectivity index (χ2v) is 5.62. The van der Waals surface area contributed by atoms with Gasteiger partial charge in [-0.1, -0.05) is 42.5 Å². The minimum atomic E-state index is -0.465. The smallest absolute Gasteiger partial charge is 0.0811 e. The summed E-state index contributed by atoms with van der Waals surface area (Å²) in [7, 11) is 0. The molecular formula is C17H21NO2. The Morgan fingerprint density at radius 1 is 1.20 bits per heavy atom. The predicted molar refractivity (Wildman–Crippen MR) is 80.7 cm³/mol. The Balaban J connectivity index is 1.80. The van der Waals surface area contributed by atoms with E-state index in [1.54, 1.807) is 0 Å². The molecule has 3 rings (SSSR count). The number of fused-ring (bicyclic) bond motifs is 1. The fourth-order valence-corrected chi connectivity index (χ4v) is 2.96. The molecular weight excluding hydrogens is 250 g/mol. The average molecular weight is 271 g/mol. The number of hydrogen-bond acceptors (Lipinski definition) is 3. The van der Waals surface area contributed by atoms with E-state index >= 15 is 0 Å². The van der Waals surface area contributed by atoms with Crippen LogP contribution in [-0.2, 0) is 4.74 Å². The maximum Gasteiger partial charge on any atom is 0.0811 e. The van der Waals surface area contributed by atoms with E-state index in [-0.39, 0.29) is 6.04 Å². The fraction of sp³-hybridized carbons (Fsp3) is 0.412. The molecule has 0 aromatic heterocycles. The van der Waals surface area contributed by atoms with Crippen LogP contribution in [0, 0.1) is 0 Å². The van der Waals surface area contributed by atoms with Gasteiger partial charge in [-0.2, -0.15) is 0 Å². The van der Waals surface area contributed by atoms with E-state index in [0.29, 0.717) is 19.1 Å². The third kappa shape index (κ3) is 2.85. The molecule has 1 aliphatic rings. The molecule has 1 fully saturated rings. The molecule has 0 saturated carbocycles. The Labute approximate surface area is 119 Å². The van der Waals surface area contributed by atoms with E-state index in [1.165, 1.54) is 5.39 Å². The monoisotopic (exact) mass is 271 g/mol. The molecule has 0 spiro atoms. The standard InChI is InChI=1S/C17H21NO2/c1-12-10-20-11-14(18-12)9-17(19)16-8-4-6-13-5-2-3-7-15(13)16/h2-8,12,14,17-19H,9-11H2,1H3. The summed E-state index contributed by atoms with van der Waals surface area (Å²) in [5.74, 6) is 0. The molecule has 1 heterocycles. The first-order valence-corrected chi connectivity index (χ1v) is 7.23. The molecule has 2 aromatic carbocycles. The van der Waals surface area contributed by atoms with E-state index < -0.39 is 6.10 Å². The number of aliphatic hydroxyl groups is 1. The minimum Gasteiger partial charge on any atom is -0.388 e. The summed E-state index contributed by atoms with van der Waals surface area (Å²) in [4.78, 5) is 0. The quantitative estimate of drug-likeness (QED) is 0.901. The summed E-state index contributed by atoms with van der Waals surface area (Å²) in [6, 6.07) is 14.9. The first kappa shape index (κ1) is 13.6. The van der Waals surface area contributed by atoms with E-state index in [9.17, 15) is 5.11 Å². The van der Waals surface area contributed by atoms with Crippen molar-refractivity contribution in [1.82, 2.24) is 5.32 Å². The number of hydrogen-bond donors (Lipinski definition) is 2. The van der Waals surface area contributed by atoms with Gasteiger partial charge in [-0.05, 0) is 29.7 Å². The van der Waals surface area contributed by atoms with E-state index in [0.717, 1.165) is 17.6 Å². The van der Waals surface area contributed by atoms with Gasteiger partial charge in [0.1, 0.15) is 0 Å². The van der Waals surface area contributed by atoms with Crippen LogP contribution in [0.5, 0.6) is 0 Å². The van der Waals surface area contributed by atoms with Crippen LogP contribution in [0.15, 0.2) is 42.5 Å². The Bertz CT molecular complexity index is 579. The zero-order valence-electron chi connectivity index (χ0n) is 11.8. The molecule has 3 unspecified atom stereocenters. The van der Waals surface area contributed by atoms with Crippen LogP contribution >= 0.6 is 0 Å². The van der Waals surface area contributed by atoms with Crippen molar-refractivity contribution in [2.75, 3.05) is 13.2 Å². The van der Waals surface area contributed by atoms with Crippen LogP contribution in [0.25, 0.3) is 10.8 Å². The third-order valence-electron chi connectivity index (χ3n) is 3.90. The molecule has 1 aliphatic heterocycles. The van der Waals surface area contributed by atoms with E-state index in [2.05, 4.69) is 30.4 Å². The maximum atomic E-state index is 10.6. The molecule has 2 aromatic rings. The van der Waals surface area contributed by atoms with Gasteiger partial charge in [-0.25, -0.2) is 0 Å². The van der Waals surface area contributed by atoms with Crippen LogP contribution in [-0.4, -0.2) is 30.4 Å². The zero-order valence-corrected chi connectivity index (χ0v) is 11.8. The number of morpholine rings is 1. The Morgan fingerprint density at radius 2 is 2.00 bits per heavy atom. The normalized spacial score (nSPS) is 24.7. The molecule has 3 heteroatoms. The first-order valence-electron chi connectivity index (χ1n) is 7.23. The average Bonchev–Trinajstić information content (AvgIpc) is 2.46. The van der Waals surface area contributed by atoms with Gasteiger partial charge in [0.05, 0.1) is 19.3 Å². The van der Waals surface area contributed by atoms with Crippen molar-refractivity contribution < 1.29 is 9.84 Å². The molecule has 3 atom stereocenters. The lowest BCUT2D eigenvalue weighted by atomic mass is 9.96. The van der Waals surface area contributed by atoms with Gasteiger partial charge >= 0.3 is 0 Å². The largest absolute Gasteiger partial charge is 0.388 e. The number of rotatable bonds is 3. The van der Waals surface area contributed by atoms with Crippen molar-refractivity contribution in [2.24, 2.45) is 0 Å². The van der Waals surface area contributed by atoms with Gasteiger partial charge in [0.2, 0.25) is 0 Å². The number of benzene rings is 2. The van der Waals surface area contributed by atoms with Gasteiger partial charge < -0.3 is 15.2 Å². The molecule has 0 radical (unpaired) electrons. The SMILES string of the molecule is CC1COCC(CC(O)c2cccc3ccccc23)N1. The number of ether oxygens (including phenoxy) is 1. The molecule has 20 heavy (non-hydrogen) atoms. The molecule has 2 N–H and O–H groups in total. The lowest BCUT2D eigenvalue weighted by Gasteiger charge is -2.30. The highest BCUT2D eigenvalue weighted by Gasteiger charge is 2.22. The summed E-state index contributed by atoms with van der Waals surface area (Å²) >= 11 is 0. The van der Waals surface area contributed by atoms with E-state index in [1.807, 2.05) is 24.3 Å². The molecule has 0 amide bonds. The van der Waals surface area contributed by atoms with Crippen molar-refractivity contribution in [3.8, 4) is 0 Å². The highest BCUT2D eigenvalue weighted by molar-refractivity contribution is 5.85. The second-order valence-electron chi connectivity index (χ2n) is 5.62. The highest BCUT2D eigenvalue weighted by Crippen LogP contribution is 2.27.